The molecule has 0 saturated carbocycles. The molecule has 10 heteroatoms. The van der Waals surface area contributed by atoms with E-state index in [1.165, 1.54) is 6.07 Å². The normalized spacial score (nSPS) is 16.0. The molecule has 1 aromatic carbocycles. The SMILES string of the molecule is CCCNC(=O)CN1CCN(CC(=O)Nc2ccc(Cl)cc2C(F)(F)F)CC1. The molecule has 2 rings (SSSR count). The van der Waals surface area contributed by atoms with Crippen molar-refractivity contribution >= 4 is 29.1 Å². The summed E-state index contributed by atoms with van der Waals surface area (Å²) in [5.41, 5.74) is -1.29. The first-order valence-electron chi connectivity index (χ1n) is 9.07. The molecule has 0 bridgehead atoms. The minimum atomic E-state index is -4.61. The summed E-state index contributed by atoms with van der Waals surface area (Å²) < 4.78 is 39.3. The summed E-state index contributed by atoms with van der Waals surface area (Å²) >= 11 is 5.64. The molecule has 1 heterocycles. The summed E-state index contributed by atoms with van der Waals surface area (Å²) in [5, 5.41) is 5.08. The van der Waals surface area contributed by atoms with Gasteiger partial charge in [-0.15, -0.1) is 0 Å². The zero-order valence-corrected chi connectivity index (χ0v) is 16.4. The van der Waals surface area contributed by atoms with Crippen LogP contribution in [0.1, 0.15) is 18.9 Å². The molecule has 0 radical (unpaired) electrons. The fraction of sp³-hybridized carbons (Fsp3) is 0.556. The standard InChI is InChI=1S/C18H24ClF3N4O2/c1-2-5-23-16(27)11-25-6-8-26(9-7-25)12-17(28)24-15-4-3-13(19)10-14(15)18(20,21)22/h3-4,10H,2,5-9,11-12H2,1H3,(H,23,27)(H,24,28). The number of alkyl halides is 3. The maximum Gasteiger partial charge on any atom is 0.418 e. The van der Waals surface area contributed by atoms with Gasteiger partial charge in [-0.25, -0.2) is 0 Å². The number of rotatable bonds is 7. The Morgan fingerprint density at radius 2 is 1.64 bits per heavy atom. The largest absolute Gasteiger partial charge is 0.418 e. The van der Waals surface area contributed by atoms with Crippen LogP contribution in [0.4, 0.5) is 18.9 Å². The lowest BCUT2D eigenvalue weighted by atomic mass is 10.1. The van der Waals surface area contributed by atoms with Crippen molar-refractivity contribution in [1.82, 2.24) is 15.1 Å². The Kier molecular flexibility index (Phi) is 8.09. The molecule has 0 aliphatic carbocycles. The highest BCUT2D eigenvalue weighted by molar-refractivity contribution is 6.30. The van der Waals surface area contributed by atoms with E-state index in [1.807, 2.05) is 16.7 Å². The molecular formula is C18H24ClF3N4O2. The predicted octanol–water partition coefficient (Wildman–Crippen LogP) is 2.44. The number of hydrogen-bond donors (Lipinski definition) is 2. The van der Waals surface area contributed by atoms with Crippen LogP contribution in [-0.2, 0) is 15.8 Å². The number of anilines is 1. The number of piperazine rings is 1. The van der Waals surface area contributed by atoms with Gasteiger partial charge in [-0.05, 0) is 24.6 Å². The fourth-order valence-electron chi connectivity index (χ4n) is 2.88. The number of amides is 2. The first kappa shape index (κ1) is 22.4. The van der Waals surface area contributed by atoms with Crippen molar-refractivity contribution in [2.24, 2.45) is 0 Å². The van der Waals surface area contributed by atoms with E-state index in [9.17, 15) is 22.8 Å². The highest BCUT2D eigenvalue weighted by Crippen LogP contribution is 2.36. The van der Waals surface area contributed by atoms with Gasteiger partial charge in [0.05, 0.1) is 24.3 Å². The zero-order chi connectivity index (χ0) is 20.7. The van der Waals surface area contributed by atoms with Crippen LogP contribution in [0, 0.1) is 0 Å². The van der Waals surface area contributed by atoms with Gasteiger partial charge in [0.15, 0.2) is 0 Å². The Morgan fingerprint density at radius 1 is 1.07 bits per heavy atom. The van der Waals surface area contributed by atoms with Crippen LogP contribution in [0.5, 0.6) is 0 Å². The number of carbonyl (C=O) groups excluding carboxylic acids is 2. The first-order valence-corrected chi connectivity index (χ1v) is 9.45. The molecule has 1 aliphatic heterocycles. The lowest BCUT2D eigenvalue weighted by molar-refractivity contribution is -0.137. The van der Waals surface area contributed by atoms with Gasteiger partial charge in [0, 0.05) is 37.7 Å². The van der Waals surface area contributed by atoms with E-state index in [2.05, 4.69) is 10.6 Å². The van der Waals surface area contributed by atoms with Crippen LogP contribution in [0.25, 0.3) is 0 Å². The molecule has 1 fully saturated rings. The number of hydrogen-bond acceptors (Lipinski definition) is 4. The van der Waals surface area contributed by atoms with Gasteiger partial charge in [-0.3, -0.25) is 19.4 Å². The molecular weight excluding hydrogens is 397 g/mol. The first-order chi connectivity index (χ1) is 13.2. The highest BCUT2D eigenvalue weighted by atomic mass is 35.5. The quantitative estimate of drug-likeness (QED) is 0.711. The predicted molar refractivity (Wildman–Crippen MR) is 101 cm³/mol. The van der Waals surface area contributed by atoms with Gasteiger partial charge in [0.2, 0.25) is 11.8 Å². The zero-order valence-electron chi connectivity index (χ0n) is 15.6. The van der Waals surface area contributed by atoms with Crippen molar-refractivity contribution < 1.29 is 22.8 Å². The minimum absolute atomic E-state index is 0.0181. The van der Waals surface area contributed by atoms with Crippen LogP contribution in [-0.4, -0.2) is 67.4 Å². The summed E-state index contributed by atoms with van der Waals surface area (Å²) in [7, 11) is 0. The third-order valence-electron chi connectivity index (χ3n) is 4.33. The van der Waals surface area contributed by atoms with Gasteiger partial charge >= 0.3 is 6.18 Å². The molecule has 2 N–H and O–H groups in total. The molecule has 156 valence electrons. The van der Waals surface area contributed by atoms with Gasteiger partial charge in [0.25, 0.3) is 0 Å². The molecule has 0 unspecified atom stereocenters. The van der Waals surface area contributed by atoms with Crippen molar-refractivity contribution in [2.75, 3.05) is 51.1 Å². The molecule has 28 heavy (non-hydrogen) atoms. The molecule has 0 aromatic heterocycles. The second kappa shape index (κ2) is 10.1. The van der Waals surface area contributed by atoms with Crippen LogP contribution >= 0.6 is 11.6 Å². The fourth-order valence-corrected chi connectivity index (χ4v) is 3.05. The van der Waals surface area contributed by atoms with Gasteiger partial charge in [0.1, 0.15) is 0 Å². The van der Waals surface area contributed by atoms with Gasteiger partial charge < -0.3 is 10.6 Å². The van der Waals surface area contributed by atoms with Crippen LogP contribution < -0.4 is 10.6 Å². The van der Waals surface area contributed by atoms with Gasteiger partial charge in [-0.1, -0.05) is 18.5 Å². The lowest BCUT2D eigenvalue weighted by Crippen LogP contribution is -2.51. The maximum absolute atomic E-state index is 13.1. The van der Waals surface area contributed by atoms with E-state index in [1.54, 1.807) is 0 Å². The minimum Gasteiger partial charge on any atom is -0.355 e. The van der Waals surface area contributed by atoms with E-state index in [0.717, 1.165) is 18.6 Å². The highest BCUT2D eigenvalue weighted by Gasteiger charge is 2.34. The number of halogens is 4. The Labute approximate surface area is 167 Å². The number of benzene rings is 1. The van der Waals surface area contributed by atoms with E-state index < -0.39 is 17.6 Å². The third kappa shape index (κ3) is 6.96. The van der Waals surface area contributed by atoms with Crippen molar-refractivity contribution in [2.45, 2.75) is 19.5 Å². The van der Waals surface area contributed by atoms with E-state index in [4.69, 9.17) is 11.6 Å². The van der Waals surface area contributed by atoms with Crippen molar-refractivity contribution in [3.63, 3.8) is 0 Å². The van der Waals surface area contributed by atoms with Gasteiger partial charge in [-0.2, -0.15) is 13.2 Å². The Hall–Kier alpha value is -1.84. The Balaban J connectivity index is 1.83. The third-order valence-corrected chi connectivity index (χ3v) is 4.57. The molecule has 0 spiro atoms. The Bertz CT molecular complexity index is 692. The molecule has 6 nitrogen and oxygen atoms in total. The van der Waals surface area contributed by atoms with Crippen LogP contribution in [0.2, 0.25) is 5.02 Å². The number of carbonyl (C=O) groups is 2. The van der Waals surface area contributed by atoms with E-state index in [0.29, 0.717) is 39.3 Å². The van der Waals surface area contributed by atoms with Crippen molar-refractivity contribution in [1.29, 1.82) is 0 Å². The molecule has 1 saturated heterocycles. The summed E-state index contributed by atoms with van der Waals surface area (Å²) in [5.74, 6) is -0.558. The molecule has 0 atom stereocenters. The number of nitrogens with zero attached hydrogens (tertiary/aromatic N) is 2. The monoisotopic (exact) mass is 420 g/mol. The summed E-state index contributed by atoms with van der Waals surface area (Å²) in [6, 6.07) is 3.24. The average molecular weight is 421 g/mol. The molecule has 2 amide bonds. The lowest BCUT2D eigenvalue weighted by Gasteiger charge is -2.33. The van der Waals surface area contributed by atoms with E-state index in [-0.39, 0.29) is 23.2 Å². The summed E-state index contributed by atoms with van der Waals surface area (Å²) in [4.78, 5) is 27.8. The van der Waals surface area contributed by atoms with Crippen LogP contribution in [0.15, 0.2) is 18.2 Å². The summed E-state index contributed by atoms with van der Waals surface area (Å²) in [6.45, 7) is 5.25. The topological polar surface area (TPSA) is 64.7 Å². The second-order valence-corrected chi connectivity index (χ2v) is 7.07. The molecule has 1 aliphatic rings. The van der Waals surface area contributed by atoms with E-state index >= 15 is 0 Å². The molecule has 1 aromatic rings. The van der Waals surface area contributed by atoms with Crippen molar-refractivity contribution in [3.8, 4) is 0 Å². The summed E-state index contributed by atoms with van der Waals surface area (Å²) in [6.07, 6.45) is -3.74. The Morgan fingerprint density at radius 3 is 2.18 bits per heavy atom. The van der Waals surface area contributed by atoms with Crippen molar-refractivity contribution in [3.05, 3.63) is 28.8 Å². The average Bonchev–Trinajstić information content (AvgIpc) is 2.62. The number of nitrogens with one attached hydrogen (secondary N) is 2. The van der Waals surface area contributed by atoms with Crippen LogP contribution in [0.3, 0.4) is 0 Å². The maximum atomic E-state index is 13.1. The smallest absolute Gasteiger partial charge is 0.355 e. The second-order valence-electron chi connectivity index (χ2n) is 6.64.